The number of hydrogen-bond acceptors (Lipinski definition) is 3. The highest BCUT2D eigenvalue weighted by atomic mass is 19.1. The molecule has 0 aliphatic rings. The molecule has 0 amide bonds. The zero-order valence-corrected chi connectivity index (χ0v) is 8.84. The third-order valence-electron chi connectivity index (χ3n) is 2.06. The van der Waals surface area contributed by atoms with Gasteiger partial charge in [-0.05, 0) is 6.07 Å². The molecule has 1 rings (SSSR count). The van der Waals surface area contributed by atoms with Gasteiger partial charge in [-0.15, -0.1) is 0 Å². The first-order valence-corrected chi connectivity index (χ1v) is 4.76. The fourth-order valence-electron chi connectivity index (χ4n) is 1.27. The predicted molar refractivity (Wildman–Crippen MR) is 54.6 cm³/mol. The van der Waals surface area contributed by atoms with Crippen molar-refractivity contribution >= 4 is 0 Å². The molecule has 1 aromatic carbocycles. The van der Waals surface area contributed by atoms with Crippen LogP contribution in [0.4, 0.5) is 8.78 Å². The summed E-state index contributed by atoms with van der Waals surface area (Å²) in [6, 6.07) is 4.26. The second-order valence-electron chi connectivity index (χ2n) is 3.17. The van der Waals surface area contributed by atoms with Gasteiger partial charge >= 0.3 is 0 Å². The van der Waals surface area contributed by atoms with Gasteiger partial charge in [0.25, 0.3) is 0 Å². The van der Waals surface area contributed by atoms with E-state index in [4.69, 9.17) is 10.00 Å². The molecule has 0 heterocycles. The topological polar surface area (TPSA) is 45.0 Å². The third-order valence-corrected chi connectivity index (χ3v) is 2.06. The molecule has 1 aromatic rings. The number of benzene rings is 1. The van der Waals surface area contributed by atoms with Crippen LogP contribution in [0, 0.1) is 23.0 Å². The highest BCUT2D eigenvalue weighted by Crippen LogP contribution is 2.17. The maximum atomic E-state index is 13.3. The number of hydrogen-bond donors (Lipinski definition) is 1. The highest BCUT2D eigenvalue weighted by molar-refractivity contribution is 5.26. The van der Waals surface area contributed by atoms with Crippen molar-refractivity contribution in [2.24, 2.45) is 0 Å². The average Bonchev–Trinajstić information content (AvgIpc) is 2.26. The number of nitrogens with zero attached hydrogens (tertiary/aromatic N) is 1. The Bertz CT molecular complexity index is 390. The van der Waals surface area contributed by atoms with Crippen LogP contribution in [0.15, 0.2) is 18.2 Å². The van der Waals surface area contributed by atoms with Crippen LogP contribution in [0.25, 0.3) is 0 Å². The lowest BCUT2D eigenvalue weighted by atomic mass is 10.1. The van der Waals surface area contributed by atoms with Gasteiger partial charge in [-0.1, -0.05) is 6.07 Å². The smallest absolute Gasteiger partial charge is 0.131 e. The molecule has 0 aromatic heterocycles. The van der Waals surface area contributed by atoms with Gasteiger partial charge in [0.2, 0.25) is 0 Å². The van der Waals surface area contributed by atoms with Crippen LogP contribution in [0.2, 0.25) is 0 Å². The molecular formula is C11H12F2N2O. The highest BCUT2D eigenvalue weighted by Gasteiger charge is 2.14. The zero-order chi connectivity index (χ0) is 12.0. The van der Waals surface area contributed by atoms with E-state index in [-0.39, 0.29) is 5.56 Å². The molecule has 1 unspecified atom stereocenters. The summed E-state index contributed by atoms with van der Waals surface area (Å²) in [5.74, 6) is -1.38. The molecule has 0 aliphatic carbocycles. The van der Waals surface area contributed by atoms with Gasteiger partial charge in [-0.2, -0.15) is 5.26 Å². The summed E-state index contributed by atoms with van der Waals surface area (Å²) < 4.78 is 30.8. The van der Waals surface area contributed by atoms with Crippen LogP contribution >= 0.6 is 0 Å². The number of rotatable bonds is 5. The van der Waals surface area contributed by atoms with Gasteiger partial charge in [0.05, 0.1) is 12.7 Å². The Labute approximate surface area is 92.6 Å². The predicted octanol–water partition coefficient (Wildman–Crippen LogP) is 1.77. The molecule has 0 spiro atoms. The average molecular weight is 226 g/mol. The lowest BCUT2D eigenvalue weighted by molar-refractivity contribution is 0.197. The fourth-order valence-corrected chi connectivity index (χ4v) is 1.27. The molecular weight excluding hydrogens is 214 g/mol. The summed E-state index contributed by atoms with van der Waals surface area (Å²) >= 11 is 0. The largest absolute Gasteiger partial charge is 0.383 e. The summed E-state index contributed by atoms with van der Waals surface area (Å²) in [7, 11) is 1.53. The first-order chi connectivity index (χ1) is 7.69. The van der Waals surface area contributed by atoms with E-state index in [0.717, 1.165) is 12.1 Å². The molecule has 1 atom stereocenters. The van der Waals surface area contributed by atoms with Crippen molar-refractivity contribution in [1.82, 2.24) is 5.32 Å². The Hall–Kier alpha value is -1.51. The van der Waals surface area contributed by atoms with E-state index in [9.17, 15) is 8.78 Å². The summed E-state index contributed by atoms with van der Waals surface area (Å²) in [5, 5.41) is 11.7. The zero-order valence-electron chi connectivity index (χ0n) is 8.84. The van der Waals surface area contributed by atoms with E-state index >= 15 is 0 Å². The van der Waals surface area contributed by atoms with Crippen molar-refractivity contribution in [2.75, 3.05) is 20.3 Å². The van der Waals surface area contributed by atoms with E-state index in [1.807, 2.05) is 6.07 Å². The number of nitrogens with one attached hydrogen (secondary N) is 1. The second kappa shape index (κ2) is 6.16. The quantitative estimate of drug-likeness (QED) is 0.778. The number of methoxy groups -OCH3 is 1. The number of halogens is 2. The first-order valence-electron chi connectivity index (χ1n) is 4.76. The Balaban J connectivity index is 2.76. The van der Waals surface area contributed by atoms with Gasteiger partial charge in [0.1, 0.15) is 17.7 Å². The van der Waals surface area contributed by atoms with E-state index in [1.165, 1.54) is 13.2 Å². The standard InChI is InChI=1S/C11H12F2N2O/c1-16-5-4-15-11(7-14)9-3-2-8(12)6-10(9)13/h2-3,6,11,15H,4-5H2,1H3. The van der Waals surface area contributed by atoms with E-state index in [1.54, 1.807) is 0 Å². The summed E-state index contributed by atoms with van der Waals surface area (Å²) in [5.41, 5.74) is 0.139. The fraction of sp³-hybridized carbons (Fsp3) is 0.364. The Morgan fingerprint density at radius 1 is 1.50 bits per heavy atom. The SMILES string of the molecule is COCCNC(C#N)c1ccc(F)cc1F. The minimum Gasteiger partial charge on any atom is -0.383 e. The van der Waals surface area contributed by atoms with Crippen molar-refractivity contribution < 1.29 is 13.5 Å². The molecule has 0 aliphatic heterocycles. The van der Waals surface area contributed by atoms with Crippen LogP contribution in [0.3, 0.4) is 0 Å². The maximum absolute atomic E-state index is 13.3. The minimum absolute atomic E-state index is 0.139. The first kappa shape index (κ1) is 12.6. The van der Waals surface area contributed by atoms with Crippen molar-refractivity contribution in [2.45, 2.75) is 6.04 Å². The van der Waals surface area contributed by atoms with E-state index < -0.39 is 17.7 Å². The van der Waals surface area contributed by atoms with Crippen LogP contribution in [0.5, 0.6) is 0 Å². The molecule has 86 valence electrons. The molecule has 0 bridgehead atoms. The summed E-state index contributed by atoms with van der Waals surface area (Å²) in [4.78, 5) is 0. The Morgan fingerprint density at radius 2 is 2.25 bits per heavy atom. The minimum atomic E-state index is -0.796. The van der Waals surface area contributed by atoms with Crippen molar-refractivity contribution in [1.29, 1.82) is 5.26 Å². The number of nitriles is 1. The molecule has 0 saturated heterocycles. The number of ether oxygens (including phenoxy) is 1. The van der Waals surface area contributed by atoms with Crippen LogP contribution in [-0.4, -0.2) is 20.3 Å². The van der Waals surface area contributed by atoms with Crippen molar-refractivity contribution in [3.63, 3.8) is 0 Å². The molecule has 0 fully saturated rings. The maximum Gasteiger partial charge on any atom is 0.131 e. The summed E-state index contributed by atoms with van der Waals surface area (Å²) in [6.07, 6.45) is 0. The van der Waals surface area contributed by atoms with Gasteiger partial charge in [0.15, 0.2) is 0 Å². The second-order valence-corrected chi connectivity index (χ2v) is 3.17. The monoisotopic (exact) mass is 226 g/mol. The molecule has 16 heavy (non-hydrogen) atoms. The van der Waals surface area contributed by atoms with Crippen molar-refractivity contribution in [3.05, 3.63) is 35.4 Å². The summed E-state index contributed by atoms with van der Waals surface area (Å²) in [6.45, 7) is 0.840. The van der Waals surface area contributed by atoms with E-state index in [2.05, 4.69) is 5.32 Å². The van der Waals surface area contributed by atoms with Crippen LogP contribution < -0.4 is 5.32 Å². The van der Waals surface area contributed by atoms with Gasteiger partial charge in [-0.25, -0.2) is 8.78 Å². The van der Waals surface area contributed by atoms with Gasteiger partial charge in [-0.3, -0.25) is 5.32 Å². The lowest BCUT2D eigenvalue weighted by Gasteiger charge is -2.12. The van der Waals surface area contributed by atoms with Gasteiger partial charge in [0, 0.05) is 25.3 Å². The molecule has 3 nitrogen and oxygen atoms in total. The van der Waals surface area contributed by atoms with Crippen LogP contribution in [-0.2, 0) is 4.74 Å². The van der Waals surface area contributed by atoms with Gasteiger partial charge < -0.3 is 4.74 Å². The lowest BCUT2D eigenvalue weighted by Crippen LogP contribution is -2.24. The molecule has 1 N–H and O–H groups in total. The normalized spacial score (nSPS) is 12.1. The van der Waals surface area contributed by atoms with Crippen molar-refractivity contribution in [3.8, 4) is 6.07 Å². The molecule has 0 radical (unpaired) electrons. The molecule has 0 saturated carbocycles. The Morgan fingerprint density at radius 3 is 2.81 bits per heavy atom. The van der Waals surface area contributed by atoms with Crippen LogP contribution in [0.1, 0.15) is 11.6 Å². The Kier molecular flexibility index (Phi) is 4.83. The third kappa shape index (κ3) is 3.26. The van der Waals surface area contributed by atoms with E-state index in [0.29, 0.717) is 13.2 Å². The molecule has 5 heteroatoms.